The Kier molecular flexibility index (Phi) is 13.9. The third-order valence-corrected chi connectivity index (χ3v) is 12.6. The number of nitrogens with zero attached hydrogens (tertiary/aromatic N) is 6. The number of benzene rings is 3. The van der Waals surface area contributed by atoms with Gasteiger partial charge in [-0.05, 0) is 79.6 Å². The van der Waals surface area contributed by atoms with Crippen molar-refractivity contribution in [3.8, 4) is 34.4 Å². The molecule has 0 bridgehead atoms. The lowest BCUT2D eigenvalue weighted by molar-refractivity contribution is -0.145. The first-order chi connectivity index (χ1) is 31.1. The molecule has 5 N–H and O–H groups in total. The van der Waals surface area contributed by atoms with Crippen molar-refractivity contribution < 1.29 is 24.2 Å². The molecule has 3 aliphatic rings. The lowest BCUT2D eigenvalue weighted by Gasteiger charge is -2.34. The zero-order valence-corrected chi connectivity index (χ0v) is 37.0. The van der Waals surface area contributed by atoms with Crippen LogP contribution in [0.15, 0.2) is 91.3 Å². The van der Waals surface area contributed by atoms with Crippen LogP contribution in [0.4, 0.5) is 4.79 Å². The number of hydrogen-bond acceptors (Lipinski definition) is 9. The van der Waals surface area contributed by atoms with Crippen LogP contribution in [0.2, 0.25) is 0 Å². The standard InChI is InChI=1S/C49H58N10O5/c1-32(2)42(55-49(63)64-4)46(60)58-24-8-12-40(58)44-50-30-38(52-44)35-20-16-33(17-21-35)14-15-34-18-22-36(23-19-34)39-31-51-45(53-39)41-13-9-25-59(41)47(61)43(37-10-6-5-7-11-37)54-48(62)57-28-26-56(3)27-29-57/h5-7,10-11,16-23,30-32,40-43,49,55,63H,8-9,12-13,24-29H2,1-4H3,(H,50,52)(H,51,53)(H,54,62)/t40-,41-,42-,43+,49?/m0/s1. The Bertz CT molecular complexity index is 2430. The van der Waals surface area contributed by atoms with E-state index in [1.54, 1.807) is 11.1 Å². The van der Waals surface area contributed by atoms with E-state index in [0.29, 0.717) is 26.2 Å². The number of nitrogens with one attached hydrogen (secondary N) is 4. The summed E-state index contributed by atoms with van der Waals surface area (Å²) >= 11 is 0. The third kappa shape index (κ3) is 10.1. The zero-order valence-electron chi connectivity index (χ0n) is 37.0. The van der Waals surface area contributed by atoms with Crippen LogP contribution in [0, 0.1) is 17.8 Å². The summed E-state index contributed by atoms with van der Waals surface area (Å²) in [5, 5.41) is 16.0. The molecular formula is C49H58N10O5. The summed E-state index contributed by atoms with van der Waals surface area (Å²) in [6.45, 7) is 7.90. The molecule has 15 heteroatoms. The Morgan fingerprint density at radius 1 is 0.734 bits per heavy atom. The van der Waals surface area contributed by atoms with Crippen LogP contribution >= 0.6 is 0 Å². The molecule has 3 aliphatic heterocycles. The minimum Gasteiger partial charge on any atom is -0.356 e. The van der Waals surface area contributed by atoms with Crippen LogP contribution in [0.1, 0.15) is 86.0 Å². The maximum atomic E-state index is 14.3. The molecule has 1 unspecified atom stereocenters. The Hall–Kier alpha value is -6.31. The number of likely N-dealkylation sites (N-methyl/N-ethyl adjacent to an activating group) is 1. The molecule has 8 rings (SSSR count). The highest BCUT2D eigenvalue weighted by atomic mass is 16.6. The molecule has 3 fully saturated rings. The van der Waals surface area contributed by atoms with Gasteiger partial charge in [0.15, 0.2) is 0 Å². The van der Waals surface area contributed by atoms with Crippen LogP contribution in [-0.4, -0.2) is 128 Å². The highest BCUT2D eigenvalue weighted by molar-refractivity contribution is 5.89. The van der Waals surface area contributed by atoms with Gasteiger partial charge in [0.05, 0.1) is 41.9 Å². The van der Waals surface area contributed by atoms with Crippen molar-refractivity contribution in [3.05, 3.63) is 120 Å². The molecule has 0 aliphatic carbocycles. The van der Waals surface area contributed by atoms with Gasteiger partial charge in [-0.25, -0.2) is 14.8 Å². The van der Waals surface area contributed by atoms with Crippen LogP contribution in [-0.2, 0) is 14.3 Å². The molecule has 5 heterocycles. The normalized spacial score (nSPS) is 19.3. The molecule has 0 radical (unpaired) electrons. The highest BCUT2D eigenvalue weighted by Gasteiger charge is 2.39. The number of rotatable bonds is 12. The number of imidazole rings is 2. The van der Waals surface area contributed by atoms with Gasteiger partial charge in [-0.15, -0.1) is 0 Å². The maximum absolute atomic E-state index is 14.3. The number of carbonyl (C=O) groups is 3. The number of amides is 4. The number of aromatic amines is 2. The second-order valence-electron chi connectivity index (χ2n) is 17.2. The van der Waals surface area contributed by atoms with Gasteiger partial charge in [0.1, 0.15) is 17.7 Å². The molecule has 5 aromatic rings. The Balaban J connectivity index is 0.891. The number of piperazine rings is 1. The molecule has 0 saturated carbocycles. The van der Waals surface area contributed by atoms with E-state index in [0.717, 1.165) is 89.6 Å². The van der Waals surface area contributed by atoms with Gasteiger partial charge in [0.25, 0.3) is 0 Å². The van der Waals surface area contributed by atoms with Crippen molar-refractivity contribution in [1.29, 1.82) is 0 Å². The predicted octanol–water partition coefficient (Wildman–Crippen LogP) is 5.43. The number of aliphatic hydroxyl groups is 1. The fourth-order valence-electron chi connectivity index (χ4n) is 8.82. The summed E-state index contributed by atoms with van der Waals surface area (Å²) in [6, 6.07) is 23.4. The molecule has 3 saturated heterocycles. The van der Waals surface area contributed by atoms with Crippen molar-refractivity contribution in [2.24, 2.45) is 5.92 Å². The third-order valence-electron chi connectivity index (χ3n) is 12.6. The first-order valence-corrected chi connectivity index (χ1v) is 22.3. The SMILES string of the molecule is COC(O)N[C@H](C(=O)N1CCC[C@H]1c1ncc(-c2ccc(C#Cc3ccc(-c4cnc([C@@H]5CCCN5C(=O)[C@H](NC(=O)N5CCN(C)CC5)c5ccccc5)[nH]4)cc3)cc2)[nH]1)C(C)C. The van der Waals surface area contributed by atoms with E-state index in [-0.39, 0.29) is 35.8 Å². The number of carbonyl (C=O) groups excluding carboxylic acids is 3. The summed E-state index contributed by atoms with van der Waals surface area (Å²) in [5.74, 6) is 7.73. The van der Waals surface area contributed by atoms with E-state index in [1.807, 2.05) is 116 Å². The summed E-state index contributed by atoms with van der Waals surface area (Å²) < 4.78 is 4.95. The number of H-pyrrole nitrogens is 2. The molecule has 2 aromatic heterocycles. The van der Waals surface area contributed by atoms with Gasteiger partial charge >= 0.3 is 6.03 Å². The van der Waals surface area contributed by atoms with Crippen LogP contribution in [0.25, 0.3) is 22.5 Å². The summed E-state index contributed by atoms with van der Waals surface area (Å²) in [4.78, 5) is 65.3. The van der Waals surface area contributed by atoms with E-state index in [1.165, 1.54) is 7.11 Å². The summed E-state index contributed by atoms with van der Waals surface area (Å²) in [6.07, 6.45) is 5.66. The minimum absolute atomic E-state index is 0.0480. The van der Waals surface area contributed by atoms with E-state index in [9.17, 15) is 19.5 Å². The molecule has 4 amide bonds. The maximum Gasteiger partial charge on any atom is 0.318 e. The average Bonchev–Trinajstić information content (AvgIpc) is 4.17. The fraction of sp³-hybridized carbons (Fsp3) is 0.408. The smallest absolute Gasteiger partial charge is 0.318 e. The Morgan fingerprint density at radius 3 is 1.75 bits per heavy atom. The quantitative estimate of drug-likeness (QED) is 0.0810. The Morgan fingerprint density at radius 2 is 1.25 bits per heavy atom. The van der Waals surface area contributed by atoms with Crippen molar-refractivity contribution in [1.82, 2.24) is 50.2 Å². The monoisotopic (exact) mass is 866 g/mol. The van der Waals surface area contributed by atoms with Crippen molar-refractivity contribution in [2.45, 2.75) is 70.1 Å². The van der Waals surface area contributed by atoms with Gasteiger partial charge in [0.2, 0.25) is 18.2 Å². The van der Waals surface area contributed by atoms with Gasteiger partial charge in [0, 0.05) is 57.5 Å². The van der Waals surface area contributed by atoms with Crippen molar-refractivity contribution >= 4 is 17.8 Å². The first-order valence-electron chi connectivity index (χ1n) is 22.3. The molecule has 64 heavy (non-hydrogen) atoms. The van der Waals surface area contributed by atoms with E-state index in [4.69, 9.17) is 9.72 Å². The van der Waals surface area contributed by atoms with E-state index >= 15 is 0 Å². The zero-order chi connectivity index (χ0) is 44.7. The lowest BCUT2D eigenvalue weighted by atomic mass is 10.0. The van der Waals surface area contributed by atoms with Gasteiger partial charge < -0.3 is 44.7 Å². The number of likely N-dealkylation sites (tertiary alicyclic amines) is 2. The molecular weight excluding hydrogens is 809 g/mol. The fourth-order valence-corrected chi connectivity index (χ4v) is 8.82. The number of aliphatic hydroxyl groups excluding tert-OH is 1. The number of aromatic nitrogens is 4. The average molecular weight is 867 g/mol. The Labute approximate surface area is 374 Å². The highest BCUT2D eigenvalue weighted by Crippen LogP contribution is 2.35. The molecule has 3 aromatic carbocycles. The number of methoxy groups -OCH3 is 1. The summed E-state index contributed by atoms with van der Waals surface area (Å²) in [7, 11) is 3.43. The van der Waals surface area contributed by atoms with Crippen LogP contribution < -0.4 is 10.6 Å². The number of ether oxygens (including phenoxy) is 1. The molecule has 5 atom stereocenters. The number of hydrogen-bond donors (Lipinski definition) is 5. The van der Waals surface area contributed by atoms with Crippen LogP contribution in [0.5, 0.6) is 0 Å². The predicted molar refractivity (Wildman–Crippen MR) is 243 cm³/mol. The van der Waals surface area contributed by atoms with Gasteiger partial charge in [-0.2, -0.15) is 0 Å². The number of urea groups is 1. The second-order valence-corrected chi connectivity index (χ2v) is 17.2. The van der Waals surface area contributed by atoms with Crippen LogP contribution in [0.3, 0.4) is 0 Å². The molecule has 334 valence electrons. The lowest BCUT2D eigenvalue weighted by Crippen LogP contribution is -2.53. The van der Waals surface area contributed by atoms with Gasteiger partial charge in [-0.3, -0.25) is 14.9 Å². The van der Waals surface area contributed by atoms with E-state index in [2.05, 4.69) is 42.3 Å². The van der Waals surface area contributed by atoms with Crippen molar-refractivity contribution in [3.63, 3.8) is 0 Å². The topological polar surface area (TPSA) is 175 Å². The molecule has 15 nitrogen and oxygen atoms in total. The van der Waals surface area contributed by atoms with Gasteiger partial charge in [-0.1, -0.05) is 80.3 Å². The minimum atomic E-state index is -1.23. The first kappa shape index (κ1) is 44.3. The van der Waals surface area contributed by atoms with Crippen molar-refractivity contribution in [2.75, 3.05) is 53.4 Å². The largest absolute Gasteiger partial charge is 0.356 e. The molecule has 0 spiro atoms. The second kappa shape index (κ2) is 20.0. The van der Waals surface area contributed by atoms with E-state index < -0.39 is 18.5 Å². The summed E-state index contributed by atoms with van der Waals surface area (Å²) in [5.41, 5.74) is 6.11.